The van der Waals surface area contributed by atoms with Gasteiger partial charge in [0, 0.05) is 54.7 Å². The number of anilines is 1. The van der Waals surface area contributed by atoms with Gasteiger partial charge in [-0.15, -0.1) is 0 Å². The molecule has 4 rings (SSSR count). The van der Waals surface area contributed by atoms with Crippen LogP contribution in [0.2, 0.25) is 0 Å². The van der Waals surface area contributed by atoms with Gasteiger partial charge in [-0.3, -0.25) is 19.6 Å². The first-order valence-corrected chi connectivity index (χ1v) is 11.0. The van der Waals surface area contributed by atoms with E-state index in [0.29, 0.717) is 17.7 Å². The second kappa shape index (κ2) is 10.1. The average Bonchev–Trinajstić information content (AvgIpc) is 2.88. The van der Waals surface area contributed by atoms with Crippen LogP contribution in [0.5, 0.6) is 0 Å². The Kier molecular flexibility index (Phi) is 6.78. The molecule has 0 aliphatic carbocycles. The van der Waals surface area contributed by atoms with Crippen LogP contribution in [0.25, 0.3) is 11.1 Å². The van der Waals surface area contributed by atoms with Crippen molar-refractivity contribution in [3.05, 3.63) is 113 Å². The summed E-state index contributed by atoms with van der Waals surface area (Å²) in [5, 5.41) is 2.94. The molecule has 0 atom stereocenters. The summed E-state index contributed by atoms with van der Waals surface area (Å²) in [6.07, 6.45) is 5.03. The standard InChI is InChI=1S/C28H26N4O2/c1-19-4-8-22(9-5-19)23-14-24(27(33)31-18-21-7-6-20(2)30-17-21)16-25(15-23)28(34)32(3)26-10-12-29-13-11-26/h4-17H,18H2,1-3H3,(H,31,33). The van der Waals surface area contributed by atoms with E-state index in [1.54, 1.807) is 48.7 Å². The molecule has 1 N–H and O–H groups in total. The Balaban J connectivity index is 1.66. The number of nitrogens with one attached hydrogen (secondary N) is 1. The summed E-state index contributed by atoms with van der Waals surface area (Å²) in [6.45, 7) is 4.29. The maximum atomic E-state index is 13.3. The van der Waals surface area contributed by atoms with E-state index in [1.807, 2.05) is 62.4 Å². The highest BCUT2D eigenvalue weighted by molar-refractivity contribution is 6.08. The molecule has 0 spiro atoms. The van der Waals surface area contributed by atoms with Crippen molar-refractivity contribution in [2.24, 2.45) is 0 Å². The fourth-order valence-electron chi connectivity index (χ4n) is 3.56. The smallest absolute Gasteiger partial charge is 0.258 e. The van der Waals surface area contributed by atoms with E-state index >= 15 is 0 Å². The molecule has 2 aromatic heterocycles. The van der Waals surface area contributed by atoms with Gasteiger partial charge in [-0.05, 0) is 66.9 Å². The Labute approximate surface area is 199 Å². The summed E-state index contributed by atoms with van der Waals surface area (Å²) in [5.74, 6) is -0.466. The maximum absolute atomic E-state index is 13.3. The summed E-state index contributed by atoms with van der Waals surface area (Å²) in [7, 11) is 1.71. The SMILES string of the molecule is Cc1ccc(-c2cc(C(=O)NCc3ccc(C)nc3)cc(C(=O)N(C)c3ccncc3)c2)cc1. The molecule has 2 heterocycles. The number of carbonyl (C=O) groups is 2. The van der Waals surface area contributed by atoms with Gasteiger partial charge < -0.3 is 10.2 Å². The highest BCUT2D eigenvalue weighted by Crippen LogP contribution is 2.25. The van der Waals surface area contributed by atoms with E-state index in [9.17, 15) is 9.59 Å². The van der Waals surface area contributed by atoms with Crippen LogP contribution >= 0.6 is 0 Å². The summed E-state index contributed by atoms with van der Waals surface area (Å²) in [6, 6.07) is 20.7. The first-order valence-electron chi connectivity index (χ1n) is 11.0. The van der Waals surface area contributed by atoms with E-state index in [4.69, 9.17) is 0 Å². The van der Waals surface area contributed by atoms with Gasteiger partial charge in [0.05, 0.1) is 0 Å². The second-order valence-corrected chi connectivity index (χ2v) is 8.23. The zero-order valence-corrected chi connectivity index (χ0v) is 19.4. The molecule has 2 aromatic carbocycles. The zero-order chi connectivity index (χ0) is 24.1. The van der Waals surface area contributed by atoms with Gasteiger partial charge in [-0.1, -0.05) is 35.9 Å². The Bertz CT molecular complexity index is 1300. The Hall–Kier alpha value is -4.32. The molecule has 0 unspecified atom stereocenters. The average molecular weight is 451 g/mol. The number of nitrogens with zero attached hydrogens (tertiary/aromatic N) is 3. The predicted octanol–water partition coefficient (Wildman–Crippen LogP) is 4.97. The van der Waals surface area contributed by atoms with Gasteiger partial charge >= 0.3 is 0 Å². The van der Waals surface area contributed by atoms with Crippen LogP contribution in [0.4, 0.5) is 5.69 Å². The third kappa shape index (κ3) is 5.35. The zero-order valence-electron chi connectivity index (χ0n) is 19.4. The van der Waals surface area contributed by atoms with Gasteiger partial charge in [0.15, 0.2) is 0 Å². The highest BCUT2D eigenvalue weighted by atomic mass is 16.2. The molecular weight excluding hydrogens is 424 g/mol. The number of carbonyl (C=O) groups excluding carboxylic acids is 2. The topological polar surface area (TPSA) is 75.2 Å². The minimum atomic E-state index is -0.254. The molecule has 34 heavy (non-hydrogen) atoms. The molecule has 2 amide bonds. The number of hydrogen-bond acceptors (Lipinski definition) is 4. The lowest BCUT2D eigenvalue weighted by atomic mass is 9.98. The summed E-state index contributed by atoms with van der Waals surface area (Å²) < 4.78 is 0. The normalized spacial score (nSPS) is 10.6. The molecule has 0 radical (unpaired) electrons. The van der Waals surface area contributed by atoms with Crippen molar-refractivity contribution < 1.29 is 9.59 Å². The van der Waals surface area contributed by atoms with E-state index in [-0.39, 0.29) is 11.8 Å². The van der Waals surface area contributed by atoms with Crippen molar-refractivity contribution in [3.63, 3.8) is 0 Å². The van der Waals surface area contributed by atoms with Gasteiger partial charge in [-0.2, -0.15) is 0 Å². The fourth-order valence-corrected chi connectivity index (χ4v) is 3.56. The van der Waals surface area contributed by atoms with Gasteiger partial charge in [0.1, 0.15) is 0 Å². The largest absolute Gasteiger partial charge is 0.348 e. The summed E-state index contributed by atoms with van der Waals surface area (Å²) >= 11 is 0. The van der Waals surface area contributed by atoms with Crippen LogP contribution in [0, 0.1) is 13.8 Å². The molecule has 6 heteroatoms. The van der Waals surface area contributed by atoms with Gasteiger partial charge in [-0.25, -0.2) is 0 Å². The Morgan fingerprint density at radius 1 is 0.853 bits per heavy atom. The quantitative estimate of drug-likeness (QED) is 0.450. The summed E-state index contributed by atoms with van der Waals surface area (Å²) in [4.78, 5) is 36.2. The van der Waals surface area contributed by atoms with Gasteiger partial charge in [0.25, 0.3) is 11.8 Å². The molecule has 4 aromatic rings. The first-order chi connectivity index (χ1) is 16.4. The molecule has 0 fully saturated rings. The van der Waals surface area contributed by atoms with Gasteiger partial charge in [0.2, 0.25) is 0 Å². The van der Waals surface area contributed by atoms with E-state index in [1.165, 1.54) is 0 Å². The lowest BCUT2D eigenvalue weighted by Gasteiger charge is -2.18. The van der Waals surface area contributed by atoms with Crippen molar-refractivity contribution in [1.82, 2.24) is 15.3 Å². The Morgan fingerprint density at radius 2 is 1.56 bits per heavy atom. The molecule has 6 nitrogen and oxygen atoms in total. The van der Waals surface area contributed by atoms with Crippen molar-refractivity contribution in [1.29, 1.82) is 0 Å². The van der Waals surface area contributed by atoms with Crippen LogP contribution in [0.15, 0.2) is 85.3 Å². The van der Waals surface area contributed by atoms with Crippen LogP contribution in [0.3, 0.4) is 0 Å². The van der Waals surface area contributed by atoms with Crippen LogP contribution in [-0.4, -0.2) is 28.8 Å². The van der Waals surface area contributed by atoms with E-state index in [0.717, 1.165) is 33.6 Å². The fraction of sp³-hybridized carbons (Fsp3) is 0.143. The number of aromatic nitrogens is 2. The first kappa shape index (κ1) is 22.9. The van der Waals surface area contributed by atoms with Crippen LogP contribution in [0.1, 0.15) is 37.5 Å². The number of hydrogen-bond donors (Lipinski definition) is 1. The van der Waals surface area contributed by atoms with Crippen LogP contribution in [-0.2, 0) is 6.54 Å². The molecule has 0 aliphatic heterocycles. The van der Waals surface area contributed by atoms with Crippen molar-refractivity contribution >= 4 is 17.5 Å². The third-order valence-corrected chi connectivity index (χ3v) is 5.61. The van der Waals surface area contributed by atoms with Crippen molar-refractivity contribution in [2.75, 3.05) is 11.9 Å². The van der Waals surface area contributed by atoms with Crippen LogP contribution < -0.4 is 10.2 Å². The molecule has 0 bridgehead atoms. The molecule has 0 saturated carbocycles. The second-order valence-electron chi connectivity index (χ2n) is 8.23. The molecule has 0 aliphatic rings. The number of pyridine rings is 2. The molecule has 0 saturated heterocycles. The number of rotatable bonds is 6. The maximum Gasteiger partial charge on any atom is 0.258 e. The number of aryl methyl sites for hydroxylation is 2. The lowest BCUT2D eigenvalue weighted by Crippen LogP contribution is -2.27. The number of benzene rings is 2. The van der Waals surface area contributed by atoms with E-state index in [2.05, 4.69) is 15.3 Å². The van der Waals surface area contributed by atoms with Crippen molar-refractivity contribution in [2.45, 2.75) is 20.4 Å². The van der Waals surface area contributed by atoms with E-state index < -0.39 is 0 Å². The third-order valence-electron chi connectivity index (χ3n) is 5.61. The minimum absolute atomic E-state index is 0.211. The highest BCUT2D eigenvalue weighted by Gasteiger charge is 2.18. The molecular formula is C28H26N4O2. The predicted molar refractivity (Wildman–Crippen MR) is 134 cm³/mol. The monoisotopic (exact) mass is 450 g/mol. The van der Waals surface area contributed by atoms with Crippen molar-refractivity contribution in [3.8, 4) is 11.1 Å². The Morgan fingerprint density at radius 3 is 2.24 bits per heavy atom. The summed E-state index contributed by atoms with van der Waals surface area (Å²) in [5.41, 5.74) is 6.27. The molecule has 170 valence electrons. The minimum Gasteiger partial charge on any atom is -0.348 e. The number of amides is 2. The lowest BCUT2D eigenvalue weighted by molar-refractivity contribution is 0.0951.